The summed E-state index contributed by atoms with van der Waals surface area (Å²) in [5.41, 5.74) is 0.269. The summed E-state index contributed by atoms with van der Waals surface area (Å²) in [6.45, 7) is 5.26. The van der Waals surface area contributed by atoms with Crippen LogP contribution >= 0.6 is 0 Å². The number of aryl methyl sites for hydroxylation is 1. The fourth-order valence-electron chi connectivity index (χ4n) is 3.59. The van der Waals surface area contributed by atoms with Crippen LogP contribution in [0.5, 0.6) is 0 Å². The molecule has 0 amide bonds. The van der Waals surface area contributed by atoms with E-state index >= 15 is 0 Å². The van der Waals surface area contributed by atoms with Gasteiger partial charge in [-0.05, 0) is 39.3 Å². The van der Waals surface area contributed by atoms with Gasteiger partial charge in [-0.15, -0.1) is 0 Å². The normalized spacial score (nSPS) is 16.8. The molecule has 0 aliphatic carbocycles. The van der Waals surface area contributed by atoms with Crippen molar-refractivity contribution in [3.05, 3.63) is 42.4 Å². The molecule has 0 spiro atoms. The minimum Gasteiger partial charge on any atom is -0.459 e. The van der Waals surface area contributed by atoms with Gasteiger partial charge < -0.3 is 9.47 Å². The summed E-state index contributed by atoms with van der Waals surface area (Å²) in [6.07, 6.45) is -2.96. The van der Waals surface area contributed by atoms with Gasteiger partial charge in [-0.1, -0.05) is 12.1 Å². The fourth-order valence-corrected chi connectivity index (χ4v) is 5.50. The molecule has 3 rings (SSSR count). The molecule has 0 bridgehead atoms. The van der Waals surface area contributed by atoms with Gasteiger partial charge >= 0.3 is 12.1 Å². The molecule has 1 saturated heterocycles. The number of nitrogens with zero attached hydrogens (tertiary/aromatic N) is 2. The van der Waals surface area contributed by atoms with Crippen LogP contribution in [0.2, 0.25) is 0 Å². The van der Waals surface area contributed by atoms with E-state index in [0.717, 1.165) is 0 Å². The van der Waals surface area contributed by atoms with Crippen molar-refractivity contribution in [2.24, 2.45) is 0 Å². The number of aromatic nitrogens is 2. The Labute approximate surface area is 196 Å². The largest absolute Gasteiger partial charge is 0.459 e. The molecular formula is C23H27F3N2O5S. The third kappa shape index (κ3) is 5.93. The number of hydrogen-bond donors (Lipinski definition) is 0. The summed E-state index contributed by atoms with van der Waals surface area (Å²) in [7, 11) is -4.12. The molecule has 2 heterocycles. The second-order valence-electron chi connectivity index (χ2n) is 9.14. The number of ether oxygens (including phenoxy) is 2. The average Bonchev–Trinajstić information content (AvgIpc) is 2.77. The molecule has 34 heavy (non-hydrogen) atoms. The predicted octanol–water partition coefficient (Wildman–Crippen LogP) is 4.30. The zero-order chi connectivity index (χ0) is 25.2. The minimum absolute atomic E-state index is 0.0170. The van der Waals surface area contributed by atoms with Crippen molar-refractivity contribution < 1.29 is 35.9 Å². The molecule has 1 aromatic heterocycles. The van der Waals surface area contributed by atoms with Crippen LogP contribution in [0.1, 0.15) is 45.7 Å². The smallest absolute Gasteiger partial charge is 0.389 e. The standard InChI is InChI=1S/C23H27F3N2O5S/c1-21(2,3)33-20(29)22(10-12-32-13-11-22)34(30,31)18-6-4-16(5-7-18)19-15-27-17(14-28-19)8-9-23(24,25)26/h4-7,14-15H,8-13H2,1-3H3. The molecule has 0 N–H and O–H groups in total. The molecule has 186 valence electrons. The number of carbonyl (C=O) groups excluding carboxylic acids is 1. The Bertz CT molecular complexity index is 1100. The van der Waals surface area contributed by atoms with E-state index in [9.17, 15) is 26.4 Å². The van der Waals surface area contributed by atoms with Crippen LogP contribution in [0, 0.1) is 0 Å². The third-order valence-corrected chi connectivity index (χ3v) is 7.91. The van der Waals surface area contributed by atoms with Gasteiger partial charge in [0.1, 0.15) is 5.60 Å². The number of hydrogen-bond acceptors (Lipinski definition) is 7. The molecule has 1 fully saturated rings. The lowest BCUT2D eigenvalue weighted by Crippen LogP contribution is -2.53. The summed E-state index contributed by atoms with van der Waals surface area (Å²) in [5, 5.41) is 0. The van der Waals surface area contributed by atoms with Gasteiger partial charge in [0, 0.05) is 44.2 Å². The highest BCUT2D eigenvalue weighted by Crippen LogP contribution is 2.37. The lowest BCUT2D eigenvalue weighted by atomic mass is 9.99. The van der Waals surface area contributed by atoms with Gasteiger partial charge in [0.05, 0.1) is 22.5 Å². The first-order valence-corrected chi connectivity index (χ1v) is 12.3. The first-order valence-electron chi connectivity index (χ1n) is 10.8. The highest BCUT2D eigenvalue weighted by Gasteiger charge is 2.54. The molecule has 7 nitrogen and oxygen atoms in total. The molecule has 1 aliphatic rings. The zero-order valence-corrected chi connectivity index (χ0v) is 20.0. The molecule has 0 unspecified atom stereocenters. The number of rotatable bonds is 6. The third-order valence-electron chi connectivity index (χ3n) is 5.42. The molecule has 0 saturated carbocycles. The second-order valence-corrected chi connectivity index (χ2v) is 11.4. The average molecular weight is 501 g/mol. The van der Waals surface area contributed by atoms with Crippen molar-refractivity contribution in [3.63, 3.8) is 0 Å². The Hall–Kier alpha value is -2.53. The molecule has 1 aliphatic heterocycles. The van der Waals surface area contributed by atoms with Crippen molar-refractivity contribution in [1.82, 2.24) is 9.97 Å². The van der Waals surface area contributed by atoms with Crippen molar-refractivity contribution in [1.29, 1.82) is 0 Å². The van der Waals surface area contributed by atoms with Gasteiger partial charge in [-0.2, -0.15) is 13.2 Å². The number of alkyl halides is 3. The van der Waals surface area contributed by atoms with Gasteiger partial charge in [-0.3, -0.25) is 14.8 Å². The Morgan fingerprint density at radius 3 is 2.18 bits per heavy atom. The summed E-state index contributed by atoms with van der Waals surface area (Å²) < 4.78 is 73.4. The number of halogens is 3. The monoisotopic (exact) mass is 500 g/mol. The van der Waals surface area contributed by atoms with Crippen LogP contribution in [0.3, 0.4) is 0 Å². The van der Waals surface area contributed by atoms with Gasteiger partial charge in [-0.25, -0.2) is 8.42 Å². The van der Waals surface area contributed by atoms with Gasteiger partial charge in [0.2, 0.25) is 0 Å². The summed E-state index contributed by atoms with van der Waals surface area (Å²) in [5.74, 6) is -0.798. The number of esters is 1. The Morgan fingerprint density at radius 1 is 1.06 bits per heavy atom. The quantitative estimate of drug-likeness (QED) is 0.546. The van der Waals surface area contributed by atoms with E-state index in [0.29, 0.717) is 11.3 Å². The SMILES string of the molecule is CC(C)(C)OC(=O)C1(S(=O)(=O)c2ccc(-c3cnc(CCC(F)(F)F)cn3)cc2)CCOCC1. The second kappa shape index (κ2) is 9.61. The van der Waals surface area contributed by atoms with E-state index in [1.54, 1.807) is 20.8 Å². The summed E-state index contributed by atoms with van der Waals surface area (Å²) >= 11 is 0. The van der Waals surface area contributed by atoms with Crippen LogP contribution in [0.15, 0.2) is 41.6 Å². The minimum atomic E-state index is -4.28. The van der Waals surface area contributed by atoms with Gasteiger partial charge in [0.25, 0.3) is 0 Å². The molecule has 1 aromatic carbocycles. The van der Waals surface area contributed by atoms with E-state index in [4.69, 9.17) is 9.47 Å². The maximum absolute atomic E-state index is 13.6. The van der Waals surface area contributed by atoms with E-state index in [1.807, 2.05) is 0 Å². The van der Waals surface area contributed by atoms with E-state index < -0.39 is 38.8 Å². The fraction of sp³-hybridized carbons (Fsp3) is 0.522. The van der Waals surface area contributed by atoms with Crippen LogP contribution in [0.4, 0.5) is 13.2 Å². The molecule has 0 radical (unpaired) electrons. The van der Waals surface area contributed by atoms with E-state index in [1.165, 1.54) is 36.7 Å². The highest BCUT2D eigenvalue weighted by molar-refractivity contribution is 7.93. The Balaban J connectivity index is 1.85. The van der Waals surface area contributed by atoms with Crippen LogP contribution in [-0.4, -0.2) is 54.1 Å². The maximum atomic E-state index is 13.6. The summed E-state index contributed by atoms with van der Waals surface area (Å²) in [4.78, 5) is 21.2. The van der Waals surface area contributed by atoms with Crippen LogP contribution in [0.25, 0.3) is 11.3 Å². The molecule has 2 aromatic rings. The number of benzene rings is 1. The Kier molecular flexibility index (Phi) is 7.37. The van der Waals surface area contributed by atoms with E-state index in [-0.39, 0.29) is 43.1 Å². The Morgan fingerprint density at radius 2 is 1.68 bits per heavy atom. The maximum Gasteiger partial charge on any atom is 0.389 e. The lowest BCUT2D eigenvalue weighted by molar-refractivity contribution is -0.160. The van der Waals surface area contributed by atoms with Crippen LogP contribution < -0.4 is 0 Å². The number of carbonyl (C=O) groups is 1. The van der Waals surface area contributed by atoms with Crippen molar-refractivity contribution in [3.8, 4) is 11.3 Å². The van der Waals surface area contributed by atoms with Crippen molar-refractivity contribution >= 4 is 15.8 Å². The topological polar surface area (TPSA) is 95.5 Å². The first kappa shape index (κ1) is 26.1. The predicted molar refractivity (Wildman–Crippen MR) is 118 cm³/mol. The van der Waals surface area contributed by atoms with Crippen LogP contribution in [-0.2, 0) is 30.5 Å². The number of sulfone groups is 1. The first-order chi connectivity index (χ1) is 15.7. The van der Waals surface area contributed by atoms with Gasteiger partial charge in [0.15, 0.2) is 14.6 Å². The van der Waals surface area contributed by atoms with Crippen molar-refractivity contribution in [2.45, 2.75) is 67.9 Å². The van der Waals surface area contributed by atoms with E-state index in [2.05, 4.69) is 9.97 Å². The molecule has 0 atom stereocenters. The molecular weight excluding hydrogens is 473 g/mol. The zero-order valence-electron chi connectivity index (χ0n) is 19.2. The highest BCUT2D eigenvalue weighted by atomic mass is 32.2. The lowest BCUT2D eigenvalue weighted by Gasteiger charge is -2.36. The molecule has 11 heteroatoms. The van der Waals surface area contributed by atoms with Crippen molar-refractivity contribution in [2.75, 3.05) is 13.2 Å². The summed E-state index contributed by atoms with van der Waals surface area (Å²) in [6, 6.07) is 5.81.